The molecule has 0 aliphatic rings. The summed E-state index contributed by atoms with van der Waals surface area (Å²) in [4.78, 5) is 39.9. The molecule has 3 rings (SSSR count). The van der Waals surface area contributed by atoms with E-state index < -0.39 is 11.2 Å². The van der Waals surface area contributed by atoms with E-state index in [0.717, 1.165) is 10.1 Å². The summed E-state index contributed by atoms with van der Waals surface area (Å²) in [5, 5.41) is 3.67. The zero-order valence-electron chi connectivity index (χ0n) is 16.7. The van der Waals surface area contributed by atoms with Crippen molar-refractivity contribution in [3.05, 3.63) is 67.8 Å². The summed E-state index contributed by atoms with van der Waals surface area (Å²) in [7, 11) is 2.94. The van der Waals surface area contributed by atoms with Crippen molar-refractivity contribution in [2.24, 2.45) is 0 Å². The highest BCUT2D eigenvalue weighted by atomic mass is 35.5. The highest BCUT2D eigenvalue weighted by Crippen LogP contribution is 2.29. The molecule has 0 aliphatic carbocycles. The summed E-state index contributed by atoms with van der Waals surface area (Å²) in [5.74, 6) is 0.610. The smallest absolute Gasteiger partial charge is 0.328 e. The monoisotopic (exact) mass is 431 g/mol. The van der Waals surface area contributed by atoms with Gasteiger partial charge in [-0.2, -0.15) is 0 Å². The third kappa shape index (κ3) is 4.65. The number of nitrogens with zero attached hydrogens (tertiary/aromatic N) is 1. The van der Waals surface area contributed by atoms with E-state index in [-0.39, 0.29) is 18.9 Å². The number of aromatic nitrogens is 2. The molecule has 0 aliphatic heterocycles. The second-order valence-corrected chi connectivity index (χ2v) is 7.02. The van der Waals surface area contributed by atoms with Gasteiger partial charge in [0.05, 0.1) is 25.1 Å². The Hall–Kier alpha value is -3.26. The molecule has 2 N–H and O–H groups in total. The van der Waals surface area contributed by atoms with Crippen molar-refractivity contribution >= 4 is 28.4 Å². The van der Waals surface area contributed by atoms with Crippen molar-refractivity contribution < 1.29 is 14.3 Å². The zero-order chi connectivity index (χ0) is 21.7. The third-order valence-electron chi connectivity index (χ3n) is 4.71. The van der Waals surface area contributed by atoms with Crippen LogP contribution in [0, 0.1) is 0 Å². The first-order valence-corrected chi connectivity index (χ1v) is 9.71. The molecule has 2 aromatic carbocycles. The molecule has 30 heavy (non-hydrogen) atoms. The summed E-state index contributed by atoms with van der Waals surface area (Å²) < 4.78 is 11.5. The second kappa shape index (κ2) is 9.49. The van der Waals surface area contributed by atoms with Crippen LogP contribution >= 0.6 is 11.6 Å². The Balaban J connectivity index is 1.68. The van der Waals surface area contributed by atoms with Crippen LogP contribution in [0.15, 0.2) is 46.0 Å². The molecule has 0 fully saturated rings. The van der Waals surface area contributed by atoms with Gasteiger partial charge in [0.1, 0.15) is 0 Å². The molecule has 0 spiro atoms. The zero-order valence-corrected chi connectivity index (χ0v) is 17.4. The lowest BCUT2D eigenvalue weighted by molar-refractivity contribution is -0.121. The Morgan fingerprint density at radius 2 is 1.83 bits per heavy atom. The minimum Gasteiger partial charge on any atom is -0.493 e. The van der Waals surface area contributed by atoms with Gasteiger partial charge in [-0.25, -0.2) is 4.79 Å². The van der Waals surface area contributed by atoms with Crippen LogP contribution in [-0.2, 0) is 17.9 Å². The molecular formula is C21H22ClN3O5. The van der Waals surface area contributed by atoms with Crippen molar-refractivity contribution in [3.8, 4) is 11.5 Å². The van der Waals surface area contributed by atoms with Crippen molar-refractivity contribution in [2.45, 2.75) is 25.9 Å². The average molecular weight is 432 g/mol. The van der Waals surface area contributed by atoms with E-state index in [9.17, 15) is 14.4 Å². The van der Waals surface area contributed by atoms with Crippen molar-refractivity contribution in [1.82, 2.24) is 14.9 Å². The lowest BCUT2D eigenvalue weighted by atomic mass is 10.2. The lowest BCUT2D eigenvalue weighted by Gasteiger charge is -2.11. The van der Waals surface area contributed by atoms with E-state index in [2.05, 4.69) is 10.3 Å². The van der Waals surface area contributed by atoms with Gasteiger partial charge in [0.15, 0.2) is 11.5 Å². The van der Waals surface area contributed by atoms with E-state index >= 15 is 0 Å². The normalized spacial score (nSPS) is 10.8. The number of amides is 1. The van der Waals surface area contributed by atoms with Gasteiger partial charge in [0, 0.05) is 30.6 Å². The third-order valence-corrected chi connectivity index (χ3v) is 5.07. The SMILES string of the molecule is COc1cc2[nH]c(=O)n(CCCC(=O)NCc3ccccc3Cl)c(=O)c2cc1OC. The van der Waals surface area contributed by atoms with E-state index in [4.69, 9.17) is 21.1 Å². The maximum Gasteiger partial charge on any atom is 0.328 e. The number of rotatable bonds is 8. The fourth-order valence-corrected chi connectivity index (χ4v) is 3.31. The van der Waals surface area contributed by atoms with E-state index in [1.54, 1.807) is 12.1 Å². The number of hydrogen-bond donors (Lipinski definition) is 2. The molecule has 3 aromatic rings. The Kier molecular flexibility index (Phi) is 6.79. The van der Waals surface area contributed by atoms with Crippen LogP contribution in [0.5, 0.6) is 11.5 Å². The molecule has 0 atom stereocenters. The van der Waals surface area contributed by atoms with Crippen LogP contribution in [0.2, 0.25) is 5.02 Å². The number of carbonyl (C=O) groups excluding carboxylic acids is 1. The number of hydrogen-bond acceptors (Lipinski definition) is 5. The van der Waals surface area contributed by atoms with Gasteiger partial charge in [-0.15, -0.1) is 0 Å². The molecule has 8 nitrogen and oxygen atoms in total. The van der Waals surface area contributed by atoms with Crippen LogP contribution in [-0.4, -0.2) is 29.7 Å². The first-order valence-electron chi connectivity index (χ1n) is 9.33. The fourth-order valence-electron chi connectivity index (χ4n) is 3.10. The number of carbonyl (C=O) groups is 1. The highest BCUT2D eigenvalue weighted by Gasteiger charge is 2.13. The highest BCUT2D eigenvalue weighted by molar-refractivity contribution is 6.31. The predicted octanol–water partition coefficient (Wildman–Crippen LogP) is 2.46. The number of benzene rings is 2. The summed E-state index contributed by atoms with van der Waals surface area (Å²) in [6, 6.07) is 10.3. The number of aromatic amines is 1. The van der Waals surface area contributed by atoms with Gasteiger partial charge in [0.2, 0.25) is 5.91 Å². The average Bonchev–Trinajstić information content (AvgIpc) is 2.74. The number of H-pyrrole nitrogens is 1. The number of fused-ring (bicyclic) bond motifs is 1. The van der Waals surface area contributed by atoms with Crippen molar-refractivity contribution in [2.75, 3.05) is 14.2 Å². The molecular weight excluding hydrogens is 410 g/mol. The maximum absolute atomic E-state index is 12.8. The number of methoxy groups -OCH3 is 2. The Labute approximate surface area is 177 Å². The minimum absolute atomic E-state index is 0.109. The summed E-state index contributed by atoms with van der Waals surface area (Å²) in [6.45, 7) is 0.425. The van der Waals surface area contributed by atoms with Crippen LogP contribution in [0.4, 0.5) is 0 Å². The molecule has 0 unspecified atom stereocenters. The standard InChI is InChI=1S/C21H22ClN3O5/c1-29-17-10-14-16(11-18(17)30-2)24-21(28)25(20(14)27)9-5-8-19(26)23-12-13-6-3-4-7-15(13)22/h3-4,6-7,10-11H,5,8-9,12H2,1-2H3,(H,23,26)(H,24,28). The first-order chi connectivity index (χ1) is 14.4. The van der Waals surface area contributed by atoms with Gasteiger partial charge < -0.3 is 19.8 Å². The first kappa shape index (κ1) is 21.4. The molecule has 1 aromatic heterocycles. The van der Waals surface area contributed by atoms with Crippen LogP contribution in [0.25, 0.3) is 10.9 Å². The van der Waals surface area contributed by atoms with Gasteiger partial charge in [-0.3, -0.25) is 14.2 Å². The van der Waals surface area contributed by atoms with E-state index in [0.29, 0.717) is 40.4 Å². The van der Waals surface area contributed by atoms with Crippen molar-refractivity contribution in [1.29, 1.82) is 0 Å². The van der Waals surface area contributed by atoms with Crippen LogP contribution in [0.3, 0.4) is 0 Å². The number of halogens is 1. The second-order valence-electron chi connectivity index (χ2n) is 6.61. The Morgan fingerprint density at radius 3 is 2.53 bits per heavy atom. The molecule has 158 valence electrons. The number of nitrogens with one attached hydrogen (secondary N) is 2. The molecule has 1 amide bonds. The molecule has 0 bridgehead atoms. The summed E-state index contributed by atoms with van der Waals surface area (Å²) >= 11 is 6.07. The van der Waals surface area contributed by atoms with Gasteiger partial charge in [-0.1, -0.05) is 29.8 Å². The predicted molar refractivity (Wildman–Crippen MR) is 114 cm³/mol. The topological polar surface area (TPSA) is 102 Å². The molecule has 9 heteroatoms. The van der Waals surface area contributed by atoms with Crippen LogP contribution in [0.1, 0.15) is 18.4 Å². The van der Waals surface area contributed by atoms with Crippen LogP contribution < -0.4 is 26.0 Å². The molecule has 0 saturated heterocycles. The quantitative estimate of drug-likeness (QED) is 0.570. The van der Waals surface area contributed by atoms with Gasteiger partial charge in [-0.05, 0) is 24.1 Å². The Bertz CT molecular complexity index is 1190. The van der Waals surface area contributed by atoms with Crippen molar-refractivity contribution in [3.63, 3.8) is 0 Å². The maximum atomic E-state index is 12.8. The summed E-state index contributed by atoms with van der Waals surface area (Å²) in [5.41, 5.74) is 0.179. The Morgan fingerprint density at radius 1 is 1.13 bits per heavy atom. The number of ether oxygens (including phenoxy) is 2. The largest absolute Gasteiger partial charge is 0.493 e. The van der Waals surface area contributed by atoms with E-state index in [1.165, 1.54) is 20.3 Å². The van der Waals surface area contributed by atoms with Gasteiger partial charge >= 0.3 is 5.69 Å². The van der Waals surface area contributed by atoms with E-state index in [1.807, 2.05) is 18.2 Å². The molecule has 0 radical (unpaired) electrons. The fraction of sp³-hybridized carbons (Fsp3) is 0.286. The molecule has 1 heterocycles. The minimum atomic E-state index is -0.545. The molecule has 0 saturated carbocycles. The lowest BCUT2D eigenvalue weighted by Crippen LogP contribution is -2.35. The summed E-state index contributed by atoms with van der Waals surface area (Å²) in [6.07, 6.45) is 0.496. The van der Waals surface area contributed by atoms with Gasteiger partial charge in [0.25, 0.3) is 5.56 Å².